The van der Waals surface area contributed by atoms with Crippen LogP contribution in [-0.2, 0) is 0 Å². The maximum absolute atomic E-state index is 8.67. The highest BCUT2D eigenvalue weighted by Gasteiger charge is 2.08. The van der Waals surface area contributed by atoms with Crippen LogP contribution in [0.5, 0.6) is 5.75 Å². The van der Waals surface area contributed by atoms with Crippen molar-refractivity contribution in [1.82, 2.24) is 0 Å². The molecule has 62 valence electrons. The molecule has 1 aromatic carbocycles. The fourth-order valence-corrected chi connectivity index (χ4v) is 2.05. The second-order valence-corrected chi connectivity index (χ2v) is 3.70. The van der Waals surface area contributed by atoms with Crippen LogP contribution in [0.1, 0.15) is 5.56 Å². The summed E-state index contributed by atoms with van der Waals surface area (Å²) in [7, 11) is 1.57. The van der Waals surface area contributed by atoms with Crippen molar-refractivity contribution in [3.05, 3.63) is 21.3 Å². The molecule has 0 radical (unpaired) electrons. The molecule has 0 aliphatic carbocycles. The average molecular weight is 291 g/mol. The van der Waals surface area contributed by atoms with Gasteiger partial charge in [0.05, 0.1) is 21.1 Å². The van der Waals surface area contributed by atoms with Crippen LogP contribution < -0.4 is 4.74 Å². The smallest absolute Gasteiger partial charge is 0.146 e. The van der Waals surface area contributed by atoms with Crippen LogP contribution in [0, 0.1) is 14.9 Å². The first-order valence-corrected chi connectivity index (χ1v) is 4.69. The fourth-order valence-electron chi connectivity index (χ4n) is 0.831. The van der Waals surface area contributed by atoms with Gasteiger partial charge >= 0.3 is 0 Å². The van der Waals surface area contributed by atoms with Gasteiger partial charge in [-0.2, -0.15) is 5.26 Å². The molecule has 0 fully saturated rings. The van der Waals surface area contributed by atoms with Gasteiger partial charge in [0, 0.05) is 0 Å². The Kier molecular flexibility index (Phi) is 3.23. The summed E-state index contributed by atoms with van der Waals surface area (Å²) in [4.78, 5) is 0.604. The molecular weight excluding hydrogens is 285 g/mol. The minimum absolute atomic E-state index is 0.538. The van der Waals surface area contributed by atoms with Crippen molar-refractivity contribution in [3.63, 3.8) is 0 Å². The summed E-state index contributed by atoms with van der Waals surface area (Å²) in [5.41, 5.74) is 0.538. The summed E-state index contributed by atoms with van der Waals surface area (Å²) in [6, 6.07) is 5.60. The topological polar surface area (TPSA) is 33.0 Å². The van der Waals surface area contributed by atoms with Gasteiger partial charge in [0.25, 0.3) is 0 Å². The minimum atomic E-state index is 0.538. The molecular formula is C8H6INOS. The first kappa shape index (κ1) is 9.68. The van der Waals surface area contributed by atoms with Gasteiger partial charge in [-0.3, -0.25) is 0 Å². The zero-order chi connectivity index (χ0) is 9.14. The third-order valence-electron chi connectivity index (χ3n) is 1.41. The molecule has 1 rings (SSSR count). The fraction of sp³-hybridized carbons (Fsp3) is 0.125. The molecule has 0 aromatic heterocycles. The summed E-state index contributed by atoms with van der Waals surface area (Å²) >= 11 is 6.32. The van der Waals surface area contributed by atoms with Crippen LogP contribution in [0.25, 0.3) is 0 Å². The van der Waals surface area contributed by atoms with E-state index in [1.807, 2.05) is 12.1 Å². The van der Waals surface area contributed by atoms with E-state index in [0.29, 0.717) is 16.2 Å². The standard InChI is InChI=1S/C8H6INOS/c1-11-7-6(9)3-2-5(4-10)8(7)12/h2-3,12H,1H3. The van der Waals surface area contributed by atoms with E-state index in [-0.39, 0.29) is 0 Å². The third kappa shape index (κ3) is 1.67. The van der Waals surface area contributed by atoms with E-state index in [2.05, 4.69) is 35.2 Å². The first-order valence-electron chi connectivity index (χ1n) is 3.16. The zero-order valence-electron chi connectivity index (χ0n) is 6.34. The second kappa shape index (κ2) is 4.01. The first-order chi connectivity index (χ1) is 5.70. The van der Waals surface area contributed by atoms with Gasteiger partial charge in [-0.15, -0.1) is 12.6 Å². The van der Waals surface area contributed by atoms with Crippen molar-refractivity contribution in [2.24, 2.45) is 0 Å². The number of ether oxygens (including phenoxy) is 1. The average Bonchev–Trinajstić information content (AvgIpc) is 2.06. The van der Waals surface area contributed by atoms with E-state index in [4.69, 9.17) is 10.00 Å². The lowest BCUT2D eigenvalue weighted by molar-refractivity contribution is 0.401. The number of hydrogen-bond donors (Lipinski definition) is 1. The van der Waals surface area contributed by atoms with Gasteiger partial charge in [0.2, 0.25) is 0 Å². The van der Waals surface area contributed by atoms with Crippen molar-refractivity contribution < 1.29 is 4.74 Å². The van der Waals surface area contributed by atoms with Crippen molar-refractivity contribution in [3.8, 4) is 11.8 Å². The quantitative estimate of drug-likeness (QED) is 0.637. The number of nitrogens with zero attached hydrogens (tertiary/aromatic N) is 1. The maximum atomic E-state index is 8.67. The Bertz CT molecular complexity index is 346. The summed E-state index contributed by atoms with van der Waals surface area (Å²) in [5.74, 6) is 0.665. The molecule has 0 atom stereocenters. The van der Waals surface area contributed by atoms with Crippen molar-refractivity contribution in [2.45, 2.75) is 4.90 Å². The lowest BCUT2D eigenvalue weighted by Crippen LogP contribution is -1.90. The number of benzene rings is 1. The Morgan fingerprint density at radius 2 is 2.25 bits per heavy atom. The zero-order valence-corrected chi connectivity index (χ0v) is 9.39. The SMILES string of the molecule is COc1c(I)ccc(C#N)c1S. The number of thiol groups is 1. The Labute approximate surface area is 90.1 Å². The lowest BCUT2D eigenvalue weighted by Gasteiger charge is -2.06. The van der Waals surface area contributed by atoms with Crippen LogP contribution in [-0.4, -0.2) is 7.11 Å². The molecule has 0 aliphatic heterocycles. The van der Waals surface area contributed by atoms with E-state index in [1.165, 1.54) is 0 Å². The van der Waals surface area contributed by atoms with Crippen LogP contribution in [0.3, 0.4) is 0 Å². The second-order valence-electron chi connectivity index (χ2n) is 2.09. The molecule has 0 unspecified atom stereocenters. The minimum Gasteiger partial charge on any atom is -0.494 e. The van der Waals surface area contributed by atoms with Gasteiger partial charge in [0.15, 0.2) is 0 Å². The van der Waals surface area contributed by atoms with E-state index in [9.17, 15) is 0 Å². The third-order valence-corrected chi connectivity index (χ3v) is 2.70. The predicted octanol–water partition coefficient (Wildman–Crippen LogP) is 2.46. The Morgan fingerprint density at radius 3 is 2.75 bits per heavy atom. The molecule has 2 nitrogen and oxygen atoms in total. The van der Waals surface area contributed by atoms with Crippen LogP contribution in [0.15, 0.2) is 17.0 Å². The molecule has 12 heavy (non-hydrogen) atoms. The number of halogens is 1. The predicted molar refractivity (Wildman–Crippen MR) is 57.7 cm³/mol. The van der Waals surface area contributed by atoms with E-state index < -0.39 is 0 Å². The van der Waals surface area contributed by atoms with Crippen LogP contribution in [0.4, 0.5) is 0 Å². The highest BCUT2D eigenvalue weighted by atomic mass is 127. The number of rotatable bonds is 1. The van der Waals surface area contributed by atoms with Gasteiger partial charge < -0.3 is 4.74 Å². The van der Waals surface area contributed by atoms with E-state index >= 15 is 0 Å². The molecule has 0 spiro atoms. The summed E-state index contributed by atoms with van der Waals surface area (Å²) in [6.07, 6.45) is 0. The molecule has 0 saturated heterocycles. The molecule has 4 heteroatoms. The van der Waals surface area contributed by atoms with Gasteiger partial charge in [-0.05, 0) is 34.7 Å². The van der Waals surface area contributed by atoms with Gasteiger partial charge in [-0.25, -0.2) is 0 Å². The van der Waals surface area contributed by atoms with Crippen LogP contribution in [0.2, 0.25) is 0 Å². The Morgan fingerprint density at radius 1 is 1.58 bits per heavy atom. The van der Waals surface area contributed by atoms with Crippen molar-refractivity contribution in [1.29, 1.82) is 5.26 Å². The summed E-state index contributed by atoms with van der Waals surface area (Å²) in [6.45, 7) is 0. The number of nitriles is 1. The molecule has 0 saturated carbocycles. The maximum Gasteiger partial charge on any atom is 0.146 e. The summed E-state index contributed by atoms with van der Waals surface area (Å²) in [5, 5.41) is 8.67. The molecule has 0 bridgehead atoms. The number of hydrogen-bond acceptors (Lipinski definition) is 3. The normalized spacial score (nSPS) is 9.17. The van der Waals surface area contributed by atoms with Crippen molar-refractivity contribution in [2.75, 3.05) is 7.11 Å². The Hall–Kier alpha value is -0.410. The van der Waals surface area contributed by atoms with E-state index in [1.54, 1.807) is 13.2 Å². The number of methoxy groups -OCH3 is 1. The van der Waals surface area contributed by atoms with E-state index in [0.717, 1.165) is 3.57 Å². The molecule has 1 aromatic rings. The summed E-state index contributed by atoms with van der Waals surface area (Å²) < 4.78 is 6.04. The van der Waals surface area contributed by atoms with Gasteiger partial charge in [-0.1, -0.05) is 0 Å². The van der Waals surface area contributed by atoms with Gasteiger partial charge in [0.1, 0.15) is 11.8 Å². The molecule has 0 amide bonds. The monoisotopic (exact) mass is 291 g/mol. The van der Waals surface area contributed by atoms with Crippen LogP contribution >= 0.6 is 35.2 Å². The highest BCUT2D eigenvalue weighted by Crippen LogP contribution is 2.30. The van der Waals surface area contributed by atoms with Crippen molar-refractivity contribution >= 4 is 35.2 Å². The molecule has 0 heterocycles. The highest BCUT2D eigenvalue weighted by molar-refractivity contribution is 14.1. The lowest BCUT2D eigenvalue weighted by atomic mass is 10.2. The molecule has 0 aliphatic rings. The Balaban J connectivity index is 3.36. The largest absolute Gasteiger partial charge is 0.494 e. The molecule has 0 N–H and O–H groups in total.